The third kappa shape index (κ3) is 3.99. The third-order valence-corrected chi connectivity index (χ3v) is 4.05. The molecule has 1 aromatic rings. The van der Waals surface area contributed by atoms with Crippen LogP contribution in [0.15, 0.2) is 12.5 Å². The summed E-state index contributed by atoms with van der Waals surface area (Å²) in [5.74, 6) is 0.659. The van der Waals surface area contributed by atoms with E-state index in [1.54, 1.807) is 0 Å². The van der Waals surface area contributed by atoms with Crippen LogP contribution >= 0.6 is 0 Å². The van der Waals surface area contributed by atoms with Gasteiger partial charge >= 0.3 is 6.09 Å². The van der Waals surface area contributed by atoms with E-state index in [4.69, 9.17) is 4.74 Å². The van der Waals surface area contributed by atoms with Gasteiger partial charge in [0.1, 0.15) is 5.60 Å². The van der Waals surface area contributed by atoms with Crippen molar-refractivity contribution < 1.29 is 9.53 Å². The minimum Gasteiger partial charge on any atom is -0.444 e. The van der Waals surface area contributed by atoms with Gasteiger partial charge in [-0.05, 0) is 46.5 Å². The van der Waals surface area contributed by atoms with Crippen LogP contribution in [-0.4, -0.2) is 21.2 Å². The predicted octanol–water partition coefficient (Wildman–Crippen LogP) is 3.83. The lowest BCUT2D eigenvalue weighted by Gasteiger charge is -2.25. The molecule has 0 spiro atoms. The maximum absolute atomic E-state index is 11.9. The Kier molecular flexibility index (Phi) is 4.59. The second-order valence-electron chi connectivity index (χ2n) is 7.07. The molecule has 0 aliphatic heterocycles. The van der Waals surface area contributed by atoms with Gasteiger partial charge in [0, 0.05) is 6.04 Å². The van der Waals surface area contributed by atoms with Crippen molar-refractivity contribution in [2.45, 2.75) is 71.6 Å². The predicted molar refractivity (Wildman–Crippen MR) is 82.1 cm³/mol. The lowest BCUT2D eigenvalue weighted by Crippen LogP contribution is -2.35. The second kappa shape index (κ2) is 6.08. The van der Waals surface area contributed by atoms with Crippen LogP contribution in [0, 0.1) is 5.92 Å². The summed E-state index contributed by atoms with van der Waals surface area (Å²) in [6.45, 7) is 9.84. The van der Waals surface area contributed by atoms with Gasteiger partial charge in [0.25, 0.3) is 0 Å². The van der Waals surface area contributed by atoms with E-state index < -0.39 is 5.60 Å². The number of imidazole rings is 1. The van der Waals surface area contributed by atoms with Crippen LogP contribution in [0.4, 0.5) is 4.79 Å². The van der Waals surface area contributed by atoms with Gasteiger partial charge in [0.05, 0.1) is 24.3 Å². The van der Waals surface area contributed by atoms with Crippen molar-refractivity contribution in [2.75, 3.05) is 0 Å². The van der Waals surface area contributed by atoms with Crippen molar-refractivity contribution in [1.82, 2.24) is 14.9 Å². The molecule has 3 atom stereocenters. The van der Waals surface area contributed by atoms with E-state index in [-0.39, 0.29) is 12.1 Å². The van der Waals surface area contributed by atoms with Gasteiger partial charge in [-0.2, -0.15) is 0 Å². The molecule has 1 N–H and O–H groups in total. The molecule has 0 radical (unpaired) electrons. The molecule has 1 heterocycles. The van der Waals surface area contributed by atoms with E-state index >= 15 is 0 Å². The molecule has 1 saturated carbocycles. The number of hydrogen-bond acceptors (Lipinski definition) is 3. The van der Waals surface area contributed by atoms with Crippen LogP contribution in [0.25, 0.3) is 0 Å². The molecule has 5 nitrogen and oxygen atoms in total. The van der Waals surface area contributed by atoms with Crippen LogP contribution < -0.4 is 5.32 Å². The molecule has 0 bridgehead atoms. The number of hydrogen-bond donors (Lipinski definition) is 1. The molecule has 1 amide bonds. The zero-order chi connectivity index (χ0) is 15.6. The summed E-state index contributed by atoms with van der Waals surface area (Å²) in [7, 11) is 0. The van der Waals surface area contributed by atoms with Crippen LogP contribution in [0.3, 0.4) is 0 Å². The van der Waals surface area contributed by atoms with Gasteiger partial charge in [-0.3, -0.25) is 0 Å². The van der Waals surface area contributed by atoms with E-state index in [9.17, 15) is 4.79 Å². The first-order valence-corrected chi connectivity index (χ1v) is 7.79. The summed E-state index contributed by atoms with van der Waals surface area (Å²) < 4.78 is 7.54. The highest BCUT2D eigenvalue weighted by Crippen LogP contribution is 2.36. The fraction of sp³-hybridized carbons (Fsp3) is 0.750. The molecule has 1 fully saturated rings. The number of nitrogens with zero attached hydrogens (tertiary/aromatic N) is 2. The first kappa shape index (κ1) is 15.9. The molecule has 2 rings (SSSR count). The number of aromatic nitrogens is 2. The zero-order valence-electron chi connectivity index (χ0n) is 13.7. The summed E-state index contributed by atoms with van der Waals surface area (Å²) in [5, 5.41) is 2.90. The monoisotopic (exact) mass is 293 g/mol. The molecule has 1 aliphatic carbocycles. The smallest absolute Gasteiger partial charge is 0.408 e. The first-order chi connectivity index (χ1) is 9.78. The molecule has 118 valence electrons. The van der Waals surface area contributed by atoms with Crippen molar-refractivity contribution in [2.24, 2.45) is 5.92 Å². The number of amides is 1. The van der Waals surface area contributed by atoms with Gasteiger partial charge in [-0.15, -0.1) is 0 Å². The third-order valence-electron chi connectivity index (χ3n) is 4.05. The quantitative estimate of drug-likeness (QED) is 0.921. The Labute approximate surface area is 127 Å². The number of nitrogens with one attached hydrogen (secondary N) is 1. The average Bonchev–Trinajstić information content (AvgIpc) is 2.93. The Hall–Kier alpha value is -1.52. The van der Waals surface area contributed by atoms with E-state index in [1.807, 2.05) is 40.2 Å². The molecule has 1 aromatic heterocycles. The fourth-order valence-electron chi connectivity index (χ4n) is 3.02. The highest BCUT2D eigenvalue weighted by molar-refractivity contribution is 5.68. The van der Waals surface area contributed by atoms with Crippen molar-refractivity contribution >= 4 is 6.09 Å². The van der Waals surface area contributed by atoms with Crippen LogP contribution in [-0.2, 0) is 4.74 Å². The number of rotatable bonds is 3. The van der Waals surface area contributed by atoms with Crippen molar-refractivity contribution in [1.29, 1.82) is 0 Å². The molecule has 0 saturated heterocycles. The Balaban J connectivity index is 2.05. The Morgan fingerprint density at radius 3 is 2.76 bits per heavy atom. The standard InChI is InChI=1S/C16H27N3O2/c1-11-7-6-8-13(11)19-10-17-9-14(19)12(2)18-15(20)21-16(3,4)5/h9-13H,6-8H2,1-5H3,(H,18,20)/t11?,12-,13?/m0/s1. The summed E-state index contributed by atoms with van der Waals surface area (Å²) in [6, 6.07) is 0.375. The Bertz CT molecular complexity index is 490. The number of alkyl carbamates (subject to hydrolysis) is 1. The van der Waals surface area contributed by atoms with Crippen molar-refractivity contribution in [3.8, 4) is 0 Å². The maximum atomic E-state index is 11.9. The first-order valence-electron chi connectivity index (χ1n) is 7.79. The molecule has 0 aromatic carbocycles. The Morgan fingerprint density at radius 2 is 2.19 bits per heavy atom. The van der Waals surface area contributed by atoms with Crippen molar-refractivity contribution in [3.63, 3.8) is 0 Å². The summed E-state index contributed by atoms with van der Waals surface area (Å²) >= 11 is 0. The number of carbonyl (C=O) groups is 1. The molecule has 1 aliphatic rings. The molecule has 21 heavy (non-hydrogen) atoms. The van der Waals surface area contributed by atoms with E-state index in [0.29, 0.717) is 12.0 Å². The van der Waals surface area contributed by atoms with Crippen LogP contribution in [0.5, 0.6) is 0 Å². The van der Waals surface area contributed by atoms with E-state index in [1.165, 1.54) is 19.3 Å². The fourth-order valence-corrected chi connectivity index (χ4v) is 3.02. The van der Waals surface area contributed by atoms with Crippen LogP contribution in [0.2, 0.25) is 0 Å². The molecular formula is C16H27N3O2. The molecular weight excluding hydrogens is 266 g/mol. The second-order valence-corrected chi connectivity index (χ2v) is 7.07. The van der Waals surface area contributed by atoms with E-state index in [0.717, 1.165) is 5.69 Å². The average molecular weight is 293 g/mol. The van der Waals surface area contributed by atoms with Gasteiger partial charge < -0.3 is 14.6 Å². The number of carbonyl (C=O) groups excluding carboxylic acids is 1. The Morgan fingerprint density at radius 1 is 1.48 bits per heavy atom. The topological polar surface area (TPSA) is 56.2 Å². The normalized spacial score (nSPS) is 23.9. The highest BCUT2D eigenvalue weighted by Gasteiger charge is 2.28. The summed E-state index contributed by atoms with van der Waals surface area (Å²) in [6.07, 6.45) is 7.04. The lowest BCUT2D eigenvalue weighted by atomic mass is 10.1. The number of ether oxygens (including phenoxy) is 1. The highest BCUT2D eigenvalue weighted by atomic mass is 16.6. The van der Waals surface area contributed by atoms with Gasteiger partial charge in [-0.1, -0.05) is 13.3 Å². The van der Waals surface area contributed by atoms with Gasteiger partial charge in [0.15, 0.2) is 0 Å². The van der Waals surface area contributed by atoms with E-state index in [2.05, 4.69) is 21.8 Å². The summed E-state index contributed by atoms with van der Waals surface area (Å²) in [4.78, 5) is 16.2. The van der Waals surface area contributed by atoms with Crippen LogP contribution in [0.1, 0.15) is 71.7 Å². The lowest BCUT2D eigenvalue weighted by molar-refractivity contribution is 0.0505. The largest absolute Gasteiger partial charge is 0.444 e. The molecule has 2 unspecified atom stereocenters. The summed E-state index contributed by atoms with van der Waals surface area (Å²) in [5.41, 5.74) is 0.559. The zero-order valence-corrected chi connectivity index (χ0v) is 13.7. The minimum atomic E-state index is -0.482. The van der Waals surface area contributed by atoms with Gasteiger partial charge in [-0.25, -0.2) is 9.78 Å². The van der Waals surface area contributed by atoms with Gasteiger partial charge in [0.2, 0.25) is 0 Å². The SMILES string of the molecule is CC1CCCC1n1cncc1[C@H](C)NC(=O)OC(C)(C)C. The van der Waals surface area contributed by atoms with Crippen molar-refractivity contribution in [3.05, 3.63) is 18.2 Å². The minimum absolute atomic E-state index is 0.116. The molecule has 5 heteroatoms. The maximum Gasteiger partial charge on any atom is 0.408 e.